The van der Waals surface area contributed by atoms with E-state index in [1.165, 1.54) is 19.1 Å². The molecule has 0 bridgehead atoms. The van der Waals surface area contributed by atoms with Crippen LogP contribution < -0.4 is 18.9 Å². The van der Waals surface area contributed by atoms with Gasteiger partial charge in [-0.15, -0.1) is 0 Å². The first kappa shape index (κ1) is 11.7. The molecular formula is C23H21N5O5S. The molecular weight excluding hydrogens is 458 g/mol. The predicted octanol–water partition coefficient (Wildman–Crippen LogP) is 3.85. The molecule has 0 radical (unpaired) electrons. The lowest BCUT2D eigenvalue weighted by Gasteiger charge is -2.17. The molecule has 0 saturated carbocycles. The van der Waals surface area contributed by atoms with Crippen LogP contribution in [0.3, 0.4) is 0 Å². The number of aromatic nitrogens is 4. The number of benzene rings is 1. The highest BCUT2D eigenvalue weighted by Gasteiger charge is 2.25. The lowest BCUT2D eigenvalue weighted by Crippen LogP contribution is -2.17. The van der Waals surface area contributed by atoms with E-state index in [0.717, 1.165) is 12.1 Å². The largest absolute Gasteiger partial charge is 0.493 e. The maximum atomic E-state index is 13.6. The molecule has 0 atom stereocenters. The topological polar surface area (TPSA) is 125 Å². The molecule has 0 saturated heterocycles. The van der Waals surface area contributed by atoms with Crippen LogP contribution in [0.2, 0.25) is 0 Å². The van der Waals surface area contributed by atoms with Crippen LogP contribution in [-0.2, 0) is 10.0 Å². The summed E-state index contributed by atoms with van der Waals surface area (Å²) in [5.74, 6) is -4.69. The van der Waals surface area contributed by atoms with Gasteiger partial charge in [-0.3, -0.25) is 9.71 Å². The van der Waals surface area contributed by atoms with Gasteiger partial charge in [-0.2, -0.15) is 13.4 Å². The van der Waals surface area contributed by atoms with Crippen molar-refractivity contribution in [3.05, 3.63) is 72.5 Å². The fourth-order valence-electron chi connectivity index (χ4n) is 2.48. The number of methoxy groups -OCH3 is 2. The molecule has 3 heterocycles. The third-order valence-electron chi connectivity index (χ3n) is 3.97. The molecule has 4 rings (SSSR count). The molecule has 4 aromatic rings. The molecule has 11 heteroatoms. The van der Waals surface area contributed by atoms with Crippen molar-refractivity contribution in [2.24, 2.45) is 0 Å². The van der Waals surface area contributed by atoms with Gasteiger partial charge < -0.3 is 14.2 Å². The average Bonchev–Trinajstić information content (AvgIpc) is 2.93. The van der Waals surface area contributed by atoms with Gasteiger partial charge in [0.05, 0.1) is 31.9 Å². The van der Waals surface area contributed by atoms with Gasteiger partial charge in [0.1, 0.15) is 0 Å². The van der Waals surface area contributed by atoms with Gasteiger partial charge in [0.2, 0.25) is 5.75 Å². The molecule has 0 aliphatic rings. The van der Waals surface area contributed by atoms with Crippen LogP contribution >= 0.6 is 0 Å². The third kappa shape index (κ3) is 4.89. The second-order valence-corrected chi connectivity index (χ2v) is 7.85. The monoisotopic (exact) mass is 492 g/mol. The number of nitrogens with one attached hydrogen (secondary N) is 1. The summed E-state index contributed by atoms with van der Waals surface area (Å²) in [6, 6.07) is 1.83. The minimum atomic E-state index is -5.11. The quantitative estimate of drug-likeness (QED) is 0.390. The summed E-state index contributed by atoms with van der Waals surface area (Å²) in [5.41, 5.74) is -0.775. The van der Waals surface area contributed by atoms with Gasteiger partial charge in [0.25, 0.3) is 15.9 Å². The van der Waals surface area contributed by atoms with E-state index in [9.17, 15) is 8.42 Å². The Morgan fingerprint density at radius 1 is 1.00 bits per heavy atom. The molecule has 10 nitrogen and oxygen atoms in total. The molecule has 34 heavy (non-hydrogen) atoms. The number of pyridine rings is 2. The number of anilines is 1. The molecule has 1 N–H and O–H groups in total. The second kappa shape index (κ2) is 9.71. The number of sulfonamides is 1. The highest BCUT2D eigenvalue weighted by Crippen LogP contribution is 2.41. The summed E-state index contributed by atoms with van der Waals surface area (Å²) in [5, 5.41) is -1.12. The summed E-state index contributed by atoms with van der Waals surface area (Å²) < 4.78 is 146. The van der Waals surface area contributed by atoms with Crippen molar-refractivity contribution in [2.75, 3.05) is 18.8 Å². The van der Waals surface area contributed by atoms with Crippen LogP contribution in [0, 0.1) is 6.92 Å². The van der Waals surface area contributed by atoms with Gasteiger partial charge in [-0.25, -0.2) is 9.97 Å². The zero-order valence-corrected chi connectivity index (χ0v) is 17.9. The van der Waals surface area contributed by atoms with Crippen LogP contribution in [0.5, 0.6) is 23.1 Å². The van der Waals surface area contributed by atoms with E-state index in [2.05, 4.69) is 19.9 Å². The molecule has 0 fully saturated rings. The van der Waals surface area contributed by atoms with E-state index < -0.39 is 112 Å². The smallest absolute Gasteiger partial charge is 0.280 e. The third-order valence-corrected chi connectivity index (χ3v) is 5.13. The molecule has 0 unspecified atom stereocenters. The van der Waals surface area contributed by atoms with Gasteiger partial charge in [-0.05, 0) is 42.7 Å². The number of nitrogens with zero attached hydrogens (tertiary/aromatic N) is 4. The molecule has 0 spiro atoms. The van der Waals surface area contributed by atoms with E-state index in [1.54, 1.807) is 0 Å². The van der Waals surface area contributed by atoms with Crippen LogP contribution in [0.15, 0.2) is 72.0 Å². The van der Waals surface area contributed by atoms with Crippen molar-refractivity contribution in [1.82, 2.24) is 19.9 Å². The summed E-state index contributed by atoms with van der Waals surface area (Å²) in [6.07, 6.45) is -2.28. The minimum Gasteiger partial charge on any atom is -0.493 e. The normalized spacial score (nSPS) is 17.3. The van der Waals surface area contributed by atoms with Gasteiger partial charge >= 0.3 is 0 Å². The zero-order chi connectivity index (χ0) is 35.2. The number of rotatable bonds is 8. The SMILES string of the molecule is [2H]c1nc([2H])c([2H])c(-c2nc(NS(=O)(=O)c3nc([2H])c(C)c([2H])c3[2H])c(Oc3ccccc3OC([2H])([2H])[2H])c(OC([2H])([2H])[2H])n2)c1[2H]. The second-order valence-electron chi connectivity index (χ2n) is 6.25. The van der Waals surface area contributed by atoms with Crippen molar-refractivity contribution in [2.45, 2.75) is 11.9 Å². The van der Waals surface area contributed by atoms with Crippen molar-refractivity contribution < 1.29 is 40.4 Å². The van der Waals surface area contributed by atoms with E-state index >= 15 is 0 Å². The summed E-state index contributed by atoms with van der Waals surface area (Å²) in [4.78, 5) is 14.9. The Bertz CT molecular complexity index is 1970. The molecule has 174 valence electrons. The number of para-hydroxylation sites is 2. The van der Waals surface area contributed by atoms with Crippen LogP contribution in [0.25, 0.3) is 11.4 Å². The minimum absolute atomic E-state index is 0.109. The molecule has 0 aliphatic carbocycles. The number of hydrogen-bond donors (Lipinski definition) is 1. The van der Waals surface area contributed by atoms with Crippen molar-refractivity contribution in [1.29, 1.82) is 0 Å². The van der Waals surface area contributed by atoms with E-state index in [-0.39, 0.29) is 5.56 Å². The standard InChI is InChI=1S/C23H21N5O5S/c1-15-8-9-19(25-14-15)34(29,30)28-22-20(33-18-7-5-4-6-17(18)31-2)23(32-3)27-21(26-22)16-10-12-24-13-11-16/h4-14H,1-3H3,(H,26,27,28)/i2D3,3D3,8D,9D,10D,11D,12D,13D,14D. The van der Waals surface area contributed by atoms with Gasteiger partial charge in [-0.1, -0.05) is 18.2 Å². The Morgan fingerprint density at radius 2 is 1.76 bits per heavy atom. The molecule has 3 aromatic heterocycles. The first-order valence-electron chi connectivity index (χ1n) is 15.6. The molecule has 0 aliphatic heterocycles. The number of hydrogen-bond acceptors (Lipinski definition) is 9. The highest BCUT2D eigenvalue weighted by atomic mass is 32.2. The predicted molar refractivity (Wildman–Crippen MR) is 125 cm³/mol. The van der Waals surface area contributed by atoms with Gasteiger partial charge in [0, 0.05) is 24.1 Å². The first-order valence-corrected chi connectivity index (χ1v) is 10.6. The molecule has 1 aromatic carbocycles. The summed E-state index contributed by atoms with van der Waals surface area (Å²) >= 11 is 0. The van der Waals surface area contributed by atoms with Crippen LogP contribution in [-0.4, -0.2) is 42.4 Å². The Labute approximate surface area is 214 Å². The Kier molecular flexibility index (Phi) is 3.36. The Hall–Kier alpha value is -4.25. The van der Waals surface area contributed by atoms with Gasteiger partial charge in [0.15, 0.2) is 28.2 Å². The van der Waals surface area contributed by atoms with Crippen molar-refractivity contribution in [3.63, 3.8) is 0 Å². The highest BCUT2D eigenvalue weighted by molar-refractivity contribution is 7.92. The van der Waals surface area contributed by atoms with Crippen molar-refractivity contribution >= 4 is 15.8 Å². The Morgan fingerprint density at radius 3 is 2.53 bits per heavy atom. The maximum absolute atomic E-state index is 13.6. The van der Waals surface area contributed by atoms with Crippen LogP contribution in [0.4, 0.5) is 5.82 Å². The lowest BCUT2D eigenvalue weighted by molar-refractivity contribution is 0.348. The average molecular weight is 493 g/mol. The lowest BCUT2D eigenvalue weighted by atomic mass is 10.2. The summed E-state index contributed by atoms with van der Waals surface area (Å²) in [6.45, 7) is 1.27. The van der Waals surface area contributed by atoms with E-state index in [1.807, 2.05) is 4.72 Å². The Balaban J connectivity index is 2.07. The van der Waals surface area contributed by atoms with Crippen molar-refractivity contribution in [3.8, 4) is 34.5 Å². The number of ether oxygens (including phenoxy) is 3. The summed E-state index contributed by atoms with van der Waals surface area (Å²) in [7, 11) is -11.4. The van der Waals surface area contributed by atoms with E-state index in [4.69, 9.17) is 32.0 Å². The molecule has 0 amide bonds. The van der Waals surface area contributed by atoms with Crippen LogP contribution in [0.1, 0.15) is 23.4 Å². The fourth-order valence-corrected chi connectivity index (χ4v) is 3.32. The van der Waals surface area contributed by atoms with E-state index in [0.29, 0.717) is 0 Å². The zero-order valence-electron chi connectivity index (χ0n) is 30.0. The maximum Gasteiger partial charge on any atom is 0.280 e. The fraction of sp³-hybridized carbons (Fsp3) is 0.130. The first-order chi connectivity index (χ1) is 21.6.